The first kappa shape index (κ1) is 24.8. The van der Waals surface area contributed by atoms with Crippen molar-refractivity contribution in [3.05, 3.63) is 59.9 Å². The van der Waals surface area contributed by atoms with Gasteiger partial charge in [0.2, 0.25) is 5.91 Å². The minimum absolute atomic E-state index is 0.120. The van der Waals surface area contributed by atoms with Crippen molar-refractivity contribution in [2.24, 2.45) is 0 Å². The third-order valence-electron chi connectivity index (χ3n) is 6.82. The second kappa shape index (κ2) is 10.2. The first-order chi connectivity index (χ1) is 17.8. The summed E-state index contributed by atoms with van der Waals surface area (Å²) < 4.78 is 14.4. The van der Waals surface area contributed by atoms with Gasteiger partial charge in [0.05, 0.1) is 29.8 Å². The SMILES string of the molecule is Cc1c(F)ccc2cc([C@H](C)Nc3ncnc4cnccc34)c(N3CCN(C(=O)CN(C)C)CC3)nc12. The Morgan fingerprint density at radius 1 is 1.16 bits per heavy atom. The lowest BCUT2D eigenvalue weighted by Crippen LogP contribution is -2.51. The summed E-state index contributed by atoms with van der Waals surface area (Å²) in [5.74, 6) is 1.35. The summed E-state index contributed by atoms with van der Waals surface area (Å²) in [5, 5.41) is 5.29. The largest absolute Gasteiger partial charge is 0.363 e. The predicted molar refractivity (Wildman–Crippen MR) is 143 cm³/mol. The van der Waals surface area contributed by atoms with Gasteiger partial charge in [-0.05, 0) is 52.2 Å². The van der Waals surface area contributed by atoms with Crippen LogP contribution < -0.4 is 10.2 Å². The molecule has 0 saturated carbocycles. The molecule has 1 amide bonds. The second-order valence-electron chi connectivity index (χ2n) is 9.73. The van der Waals surface area contributed by atoms with Crippen LogP contribution in [0.3, 0.4) is 0 Å². The molecule has 0 aliphatic carbocycles. The van der Waals surface area contributed by atoms with Gasteiger partial charge in [-0.2, -0.15) is 0 Å². The summed E-state index contributed by atoms with van der Waals surface area (Å²) in [6, 6.07) is 7.07. The first-order valence-corrected chi connectivity index (χ1v) is 12.4. The van der Waals surface area contributed by atoms with E-state index < -0.39 is 0 Å². The predicted octanol–water partition coefficient (Wildman–Crippen LogP) is 3.40. The van der Waals surface area contributed by atoms with Gasteiger partial charge >= 0.3 is 0 Å². The van der Waals surface area contributed by atoms with E-state index in [-0.39, 0.29) is 17.8 Å². The monoisotopic (exact) mass is 502 g/mol. The lowest BCUT2D eigenvalue weighted by atomic mass is 10.0. The molecule has 5 rings (SSSR count). The highest BCUT2D eigenvalue weighted by atomic mass is 19.1. The number of hydrogen-bond donors (Lipinski definition) is 1. The lowest BCUT2D eigenvalue weighted by molar-refractivity contribution is -0.132. The third kappa shape index (κ3) is 5.01. The van der Waals surface area contributed by atoms with Crippen molar-refractivity contribution in [3.63, 3.8) is 0 Å². The van der Waals surface area contributed by atoms with E-state index in [0.717, 1.165) is 27.7 Å². The number of hydrogen-bond acceptors (Lipinski definition) is 8. The lowest BCUT2D eigenvalue weighted by Gasteiger charge is -2.37. The number of carbonyl (C=O) groups is 1. The first-order valence-electron chi connectivity index (χ1n) is 12.4. The minimum Gasteiger partial charge on any atom is -0.363 e. The van der Waals surface area contributed by atoms with Crippen LogP contribution in [0.2, 0.25) is 0 Å². The molecule has 0 unspecified atom stereocenters. The van der Waals surface area contributed by atoms with Crippen LogP contribution in [0.15, 0.2) is 43.0 Å². The molecule has 1 aliphatic rings. The van der Waals surface area contributed by atoms with Crippen molar-refractivity contribution >= 4 is 39.3 Å². The molecule has 3 aromatic heterocycles. The quantitative estimate of drug-likeness (QED) is 0.429. The number of halogens is 1. The summed E-state index contributed by atoms with van der Waals surface area (Å²) in [6.07, 6.45) is 4.96. The molecule has 1 saturated heterocycles. The maximum absolute atomic E-state index is 14.4. The third-order valence-corrected chi connectivity index (χ3v) is 6.82. The molecule has 0 bridgehead atoms. The fourth-order valence-electron chi connectivity index (χ4n) is 4.78. The van der Waals surface area contributed by atoms with Crippen LogP contribution in [0.4, 0.5) is 16.0 Å². The van der Waals surface area contributed by atoms with Crippen LogP contribution in [0, 0.1) is 12.7 Å². The van der Waals surface area contributed by atoms with Crippen LogP contribution in [0.1, 0.15) is 24.1 Å². The minimum atomic E-state index is -0.273. The Balaban J connectivity index is 1.50. The zero-order chi connectivity index (χ0) is 26.1. The number of aromatic nitrogens is 4. The molecule has 1 fully saturated rings. The summed E-state index contributed by atoms with van der Waals surface area (Å²) in [5.41, 5.74) is 2.91. The molecule has 1 aliphatic heterocycles. The number of amides is 1. The number of nitrogens with zero attached hydrogens (tertiary/aromatic N) is 7. The second-order valence-corrected chi connectivity index (χ2v) is 9.73. The highest BCUT2D eigenvalue weighted by Gasteiger charge is 2.26. The highest BCUT2D eigenvalue weighted by molar-refractivity contribution is 5.89. The zero-order valence-corrected chi connectivity index (χ0v) is 21.6. The molecule has 0 radical (unpaired) electrons. The number of carbonyl (C=O) groups excluding carboxylic acids is 1. The fourth-order valence-corrected chi connectivity index (χ4v) is 4.78. The molecule has 0 spiro atoms. The maximum Gasteiger partial charge on any atom is 0.236 e. The van der Waals surface area contributed by atoms with E-state index in [9.17, 15) is 9.18 Å². The van der Waals surface area contributed by atoms with Crippen molar-refractivity contribution in [3.8, 4) is 0 Å². The van der Waals surface area contributed by atoms with Gasteiger partial charge in [-0.1, -0.05) is 0 Å². The molecule has 1 N–H and O–H groups in total. The van der Waals surface area contributed by atoms with E-state index in [0.29, 0.717) is 49.6 Å². The van der Waals surface area contributed by atoms with Gasteiger partial charge in [0.15, 0.2) is 0 Å². The Morgan fingerprint density at radius 2 is 1.95 bits per heavy atom. The van der Waals surface area contributed by atoms with Crippen molar-refractivity contribution in [1.29, 1.82) is 0 Å². The van der Waals surface area contributed by atoms with Gasteiger partial charge in [0.1, 0.15) is 23.8 Å². The number of likely N-dealkylation sites (N-methyl/N-ethyl adjacent to an activating group) is 1. The Labute approximate surface area is 215 Å². The van der Waals surface area contributed by atoms with Crippen molar-refractivity contribution in [1.82, 2.24) is 29.7 Å². The summed E-state index contributed by atoms with van der Waals surface area (Å²) in [4.78, 5) is 36.5. The van der Waals surface area contributed by atoms with Crippen LogP contribution in [0.5, 0.6) is 0 Å². The Hall–Kier alpha value is -3.92. The maximum atomic E-state index is 14.4. The Kier molecular flexibility index (Phi) is 6.84. The molecule has 4 aromatic rings. The summed E-state index contributed by atoms with van der Waals surface area (Å²) >= 11 is 0. The topological polar surface area (TPSA) is 90.4 Å². The molecule has 10 heteroatoms. The average Bonchev–Trinajstić information content (AvgIpc) is 2.90. The van der Waals surface area contributed by atoms with Crippen LogP contribution in [-0.4, -0.2) is 82.5 Å². The zero-order valence-electron chi connectivity index (χ0n) is 21.6. The number of aryl methyl sites for hydroxylation is 1. The van der Waals surface area contributed by atoms with Gasteiger partial charge in [-0.15, -0.1) is 0 Å². The van der Waals surface area contributed by atoms with Crippen LogP contribution >= 0.6 is 0 Å². The van der Waals surface area contributed by atoms with Gasteiger partial charge in [-0.3, -0.25) is 9.78 Å². The molecular formula is C27H31FN8O. The Bertz CT molecular complexity index is 1450. The summed E-state index contributed by atoms with van der Waals surface area (Å²) in [7, 11) is 3.79. The number of rotatable bonds is 6. The average molecular weight is 503 g/mol. The molecular weight excluding hydrogens is 471 g/mol. The van der Waals surface area contributed by atoms with Crippen molar-refractivity contribution in [2.75, 3.05) is 57.0 Å². The van der Waals surface area contributed by atoms with E-state index in [1.165, 1.54) is 12.4 Å². The number of fused-ring (bicyclic) bond motifs is 2. The van der Waals surface area contributed by atoms with Gasteiger partial charge in [0.25, 0.3) is 0 Å². The standard InChI is InChI=1S/C27H31FN8O/c1-17-22(28)6-5-19-13-21(18(2)32-26-20-7-8-29-14-23(20)30-16-31-26)27(33-25(17)19)36-11-9-35(10-12-36)24(37)15-34(3)4/h5-8,13-14,16,18H,9-12,15H2,1-4H3,(H,30,31,32)/t18-/m0/s1. The molecule has 4 heterocycles. The number of pyridine rings is 2. The van der Waals surface area contributed by atoms with Crippen molar-refractivity contribution in [2.45, 2.75) is 19.9 Å². The van der Waals surface area contributed by atoms with Crippen LogP contribution in [-0.2, 0) is 4.79 Å². The van der Waals surface area contributed by atoms with E-state index in [1.807, 2.05) is 30.0 Å². The molecule has 1 atom stereocenters. The number of benzene rings is 1. The van der Waals surface area contributed by atoms with Gasteiger partial charge in [0, 0.05) is 54.3 Å². The van der Waals surface area contributed by atoms with Crippen LogP contribution in [0.25, 0.3) is 21.8 Å². The van der Waals surface area contributed by atoms with Gasteiger partial charge < -0.3 is 20.0 Å². The molecule has 37 heavy (non-hydrogen) atoms. The van der Waals surface area contributed by atoms with Gasteiger partial charge in [-0.25, -0.2) is 19.3 Å². The fraction of sp³-hybridized carbons (Fsp3) is 0.370. The number of piperazine rings is 1. The molecule has 1 aromatic carbocycles. The van der Waals surface area contributed by atoms with E-state index in [1.54, 1.807) is 25.4 Å². The number of nitrogens with one attached hydrogen (secondary N) is 1. The van der Waals surface area contributed by atoms with E-state index >= 15 is 0 Å². The Morgan fingerprint density at radius 3 is 2.70 bits per heavy atom. The van der Waals surface area contributed by atoms with E-state index in [4.69, 9.17) is 4.98 Å². The normalized spacial score (nSPS) is 15.0. The van der Waals surface area contributed by atoms with E-state index in [2.05, 4.69) is 38.2 Å². The highest BCUT2D eigenvalue weighted by Crippen LogP contribution is 2.33. The van der Waals surface area contributed by atoms with Crippen molar-refractivity contribution < 1.29 is 9.18 Å². The summed E-state index contributed by atoms with van der Waals surface area (Å²) in [6.45, 7) is 6.73. The number of anilines is 2. The molecule has 9 nitrogen and oxygen atoms in total. The smallest absolute Gasteiger partial charge is 0.236 e. The molecule has 192 valence electrons.